The minimum Gasteiger partial charge on any atom is -0.337 e. The van der Waals surface area contributed by atoms with Gasteiger partial charge >= 0.3 is 0 Å². The summed E-state index contributed by atoms with van der Waals surface area (Å²) in [6, 6.07) is 6.54. The van der Waals surface area contributed by atoms with E-state index >= 15 is 0 Å². The second-order valence-corrected chi connectivity index (χ2v) is 6.97. The normalized spacial score (nSPS) is 17.0. The molecule has 0 radical (unpaired) electrons. The summed E-state index contributed by atoms with van der Waals surface area (Å²) in [5, 5.41) is 4.52. The Kier molecular flexibility index (Phi) is 4.41. The zero-order valence-electron chi connectivity index (χ0n) is 15.6. The highest BCUT2D eigenvalue weighted by atomic mass is 15.3. The first-order valence-electron chi connectivity index (χ1n) is 9.12. The van der Waals surface area contributed by atoms with Crippen molar-refractivity contribution in [1.82, 2.24) is 24.7 Å². The minimum absolute atomic E-state index is 0.422. The van der Waals surface area contributed by atoms with Crippen molar-refractivity contribution in [2.45, 2.75) is 39.2 Å². The fraction of sp³-hybridized carbons (Fsp3) is 0.400. The Labute approximate surface area is 153 Å². The lowest BCUT2D eigenvalue weighted by Crippen LogP contribution is -2.32. The lowest BCUT2D eigenvalue weighted by Gasteiger charge is -2.25. The third kappa shape index (κ3) is 3.07. The fourth-order valence-corrected chi connectivity index (χ4v) is 3.87. The largest absolute Gasteiger partial charge is 0.337 e. The maximum absolute atomic E-state index is 4.90. The van der Waals surface area contributed by atoms with Gasteiger partial charge in [-0.25, -0.2) is 9.97 Å². The molecule has 0 spiro atoms. The van der Waals surface area contributed by atoms with Crippen LogP contribution in [0, 0.1) is 13.8 Å². The van der Waals surface area contributed by atoms with Gasteiger partial charge in [-0.1, -0.05) is 6.07 Å². The van der Waals surface area contributed by atoms with E-state index in [2.05, 4.69) is 33.0 Å². The van der Waals surface area contributed by atoms with Crippen molar-refractivity contribution < 1.29 is 0 Å². The van der Waals surface area contributed by atoms with Crippen LogP contribution in [0.1, 0.15) is 29.8 Å². The summed E-state index contributed by atoms with van der Waals surface area (Å²) >= 11 is 0. The van der Waals surface area contributed by atoms with E-state index in [1.54, 1.807) is 0 Å². The molecule has 1 aliphatic rings. The maximum atomic E-state index is 4.90. The topological polar surface area (TPSA) is 59.7 Å². The van der Waals surface area contributed by atoms with Crippen LogP contribution in [0.2, 0.25) is 0 Å². The minimum atomic E-state index is 0.422. The number of nitrogens with zero attached hydrogens (tertiary/aromatic N) is 6. The van der Waals surface area contributed by atoms with Crippen LogP contribution in [0.15, 0.2) is 36.8 Å². The zero-order valence-corrected chi connectivity index (χ0v) is 15.6. The van der Waals surface area contributed by atoms with Gasteiger partial charge in [-0.15, -0.1) is 0 Å². The van der Waals surface area contributed by atoms with Crippen LogP contribution >= 0.6 is 0 Å². The monoisotopic (exact) mass is 348 g/mol. The molecule has 0 aliphatic carbocycles. The standard InChI is InChI=1S/C20H24N6/c1-14-19(15(2)25(3)24-14)18-8-10-22-20(23-18)26-11-5-7-17(26)12-16-6-4-9-21-13-16/h4,6,8-10,13,17H,5,7,11-12H2,1-3H3/t17-/m0/s1. The van der Waals surface area contributed by atoms with E-state index < -0.39 is 0 Å². The number of aromatic nitrogens is 5. The van der Waals surface area contributed by atoms with Gasteiger partial charge in [0.25, 0.3) is 0 Å². The van der Waals surface area contributed by atoms with Gasteiger partial charge in [-0.05, 0) is 50.8 Å². The first kappa shape index (κ1) is 16.7. The molecule has 0 N–H and O–H groups in total. The third-order valence-corrected chi connectivity index (χ3v) is 5.24. The lowest BCUT2D eigenvalue weighted by molar-refractivity contribution is 0.650. The second-order valence-electron chi connectivity index (χ2n) is 6.97. The summed E-state index contributed by atoms with van der Waals surface area (Å²) in [4.78, 5) is 16.1. The van der Waals surface area contributed by atoms with Gasteiger partial charge in [0.05, 0.1) is 11.4 Å². The molecule has 0 saturated carbocycles. The first-order chi connectivity index (χ1) is 12.6. The van der Waals surface area contributed by atoms with Crippen LogP contribution in [-0.4, -0.2) is 37.3 Å². The van der Waals surface area contributed by atoms with Crippen molar-refractivity contribution in [1.29, 1.82) is 0 Å². The van der Waals surface area contributed by atoms with Gasteiger partial charge in [0.1, 0.15) is 0 Å². The van der Waals surface area contributed by atoms with E-state index in [9.17, 15) is 0 Å². The quantitative estimate of drug-likeness (QED) is 0.725. The molecule has 0 amide bonds. The second kappa shape index (κ2) is 6.86. The van der Waals surface area contributed by atoms with Crippen LogP contribution in [0.25, 0.3) is 11.3 Å². The van der Waals surface area contributed by atoms with Gasteiger partial charge in [0, 0.05) is 49.5 Å². The molecular formula is C20H24N6. The average molecular weight is 348 g/mol. The fourth-order valence-electron chi connectivity index (χ4n) is 3.87. The van der Waals surface area contributed by atoms with Crippen LogP contribution in [0.4, 0.5) is 5.95 Å². The highest BCUT2D eigenvalue weighted by Gasteiger charge is 2.27. The van der Waals surface area contributed by atoms with E-state index in [1.165, 1.54) is 12.0 Å². The molecule has 1 atom stereocenters. The molecule has 1 fully saturated rings. The SMILES string of the molecule is Cc1nn(C)c(C)c1-c1ccnc(N2CCC[C@H]2Cc2cccnc2)n1. The van der Waals surface area contributed by atoms with E-state index in [-0.39, 0.29) is 0 Å². The molecule has 6 nitrogen and oxygen atoms in total. The first-order valence-corrected chi connectivity index (χ1v) is 9.12. The number of aryl methyl sites for hydroxylation is 2. The summed E-state index contributed by atoms with van der Waals surface area (Å²) in [6.07, 6.45) is 8.95. The van der Waals surface area contributed by atoms with Gasteiger partial charge in [-0.3, -0.25) is 9.67 Å². The summed E-state index contributed by atoms with van der Waals surface area (Å²) < 4.78 is 1.91. The molecule has 6 heteroatoms. The van der Waals surface area contributed by atoms with E-state index in [0.29, 0.717) is 6.04 Å². The van der Waals surface area contributed by atoms with Gasteiger partial charge < -0.3 is 4.90 Å². The molecule has 0 bridgehead atoms. The van der Waals surface area contributed by atoms with Gasteiger partial charge in [0.15, 0.2) is 0 Å². The van der Waals surface area contributed by atoms with Crippen molar-refractivity contribution in [2.75, 3.05) is 11.4 Å². The Bertz CT molecular complexity index is 902. The molecule has 3 aromatic heterocycles. The highest BCUT2D eigenvalue weighted by molar-refractivity contribution is 5.65. The van der Waals surface area contributed by atoms with Gasteiger partial charge in [0.2, 0.25) is 5.95 Å². The Morgan fingerprint density at radius 3 is 2.81 bits per heavy atom. The number of hydrogen-bond donors (Lipinski definition) is 0. The number of anilines is 1. The number of pyridine rings is 1. The molecule has 1 aliphatic heterocycles. The zero-order chi connectivity index (χ0) is 18.1. The van der Waals surface area contributed by atoms with Crippen LogP contribution in [-0.2, 0) is 13.5 Å². The molecule has 4 heterocycles. The van der Waals surface area contributed by atoms with Crippen LogP contribution in [0.5, 0.6) is 0 Å². The lowest BCUT2D eigenvalue weighted by atomic mass is 10.1. The molecule has 1 saturated heterocycles. The average Bonchev–Trinajstić information content (AvgIpc) is 3.20. The highest BCUT2D eigenvalue weighted by Crippen LogP contribution is 2.29. The predicted molar refractivity (Wildman–Crippen MR) is 102 cm³/mol. The Hall–Kier alpha value is -2.76. The molecule has 26 heavy (non-hydrogen) atoms. The van der Waals surface area contributed by atoms with Crippen molar-refractivity contribution in [3.8, 4) is 11.3 Å². The summed E-state index contributed by atoms with van der Waals surface area (Å²) in [7, 11) is 1.97. The van der Waals surface area contributed by atoms with Gasteiger partial charge in [-0.2, -0.15) is 5.10 Å². The Morgan fingerprint density at radius 2 is 2.08 bits per heavy atom. The van der Waals surface area contributed by atoms with Crippen molar-refractivity contribution in [2.24, 2.45) is 7.05 Å². The predicted octanol–water partition coefficient (Wildman–Crippen LogP) is 3.10. The Balaban J connectivity index is 1.63. The van der Waals surface area contributed by atoms with Crippen molar-refractivity contribution >= 4 is 5.95 Å². The van der Waals surface area contributed by atoms with Crippen molar-refractivity contribution in [3.05, 3.63) is 53.7 Å². The van der Waals surface area contributed by atoms with E-state index in [4.69, 9.17) is 4.98 Å². The van der Waals surface area contributed by atoms with E-state index in [0.717, 1.165) is 48.0 Å². The summed E-state index contributed by atoms with van der Waals surface area (Å²) in [5.74, 6) is 0.816. The van der Waals surface area contributed by atoms with E-state index in [1.807, 2.05) is 49.4 Å². The number of rotatable bonds is 4. The molecule has 3 aromatic rings. The smallest absolute Gasteiger partial charge is 0.226 e. The molecule has 134 valence electrons. The number of hydrogen-bond acceptors (Lipinski definition) is 5. The summed E-state index contributed by atoms with van der Waals surface area (Å²) in [6.45, 7) is 5.11. The third-order valence-electron chi connectivity index (χ3n) is 5.24. The molecule has 0 aromatic carbocycles. The maximum Gasteiger partial charge on any atom is 0.226 e. The van der Waals surface area contributed by atoms with Crippen LogP contribution < -0.4 is 4.90 Å². The van der Waals surface area contributed by atoms with Crippen molar-refractivity contribution in [3.63, 3.8) is 0 Å². The molecular weight excluding hydrogens is 324 g/mol. The Morgan fingerprint density at radius 1 is 1.19 bits per heavy atom. The molecule has 4 rings (SSSR count). The molecule has 0 unspecified atom stereocenters. The summed E-state index contributed by atoms with van der Waals surface area (Å²) in [5.41, 5.74) is 5.45. The van der Waals surface area contributed by atoms with Crippen LogP contribution in [0.3, 0.4) is 0 Å².